The first-order valence-electron chi connectivity index (χ1n) is 3.40. The smallest absolute Gasteiger partial charge is 0.311 e. The van der Waals surface area contributed by atoms with Crippen molar-refractivity contribution in [3.05, 3.63) is 6.92 Å². The van der Waals surface area contributed by atoms with Crippen molar-refractivity contribution in [1.29, 1.82) is 0 Å². The van der Waals surface area contributed by atoms with E-state index in [9.17, 15) is 4.79 Å². The summed E-state index contributed by atoms with van der Waals surface area (Å²) in [6, 6.07) is 0. The largest absolute Gasteiger partial charge is 0.463 e. The summed E-state index contributed by atoms with van der Waals surface area (Å²) in [6.07, 6.45) is -0.0477. The van der Waals surface area contributed by atoms with Crippen molar-refractivity contribution in [1.82, 2.24) is 0 Å². The van der Waals surface area contributed by atoms with Gasteiger partial charge in [-0.2, -0.15) is 0 Å². The van der Waals surface area contributed by atoms with Crippen LogP contribution in [-0.4, -0.2) is 12.1 Å². The third kappa shape index (κ3) is 3.49. The SMILES string of the molecule is [CH2]C(C)(C)C(=O)OC(C)C. The number of ether oxygens (including phenoxy) is 1. The Morgan fingerprint density at radius 3 is 2.00 bits per heavy atom. The fraction of sp³-hybridized carbons (Fsp3) is 0.750. The van der Waals surface area contributed by atoms with Crippen LogP contribution >= 0.6 is 0 Å². The molecule has 0 aromatic rings. The van der Waals surface area contributed by atoms with Gasteiger partial charge in [0.25, 0.3) is 0 Å². The Hall–Kier alpha value is -0.530. The Morgan fingerprint density at radius 2 is 1.90 bits per heavy atom. The summed E-state index contributed by atoms with van der Waals surface area (Å²) in [5.74, 6) is -0.248. The first-order valence-corrected chi connectivity index (χ1v) is 3.40. The van der Waals surface area contributed by atoms with Gasteiger partial charge in [-0.25, -0.2) is 0 Å². The lowest BCUT2D eigenvalue weighted by Crippen LogP contribution is -2.25. The summed E-state index contributed by atoms with van der Waals surface area (Å²) in [5.41, 5.74) is -0.621. The topological polar surface area (TPSA) is 26.3 Å². The van der Waals surface area contributed by atoms with Gasteiger partial charge in [0.05, 0.1) is 11.5 Å². The third-order valence-electron chi connectivity index (χ3n) is 0.895. The summed E-state index contributed by atoms with van der Waals surface area (Å²) in [6.45, 7) is 10.8. The van der Waals surface area contributed by atoms with Gasteiger partial charge in [-0.15, -0.1) is 0 Å². The summed E-state index contributed by atoms with van der Waals surface area (Å²) >= 11 is 0. The standard InChI is InChI=1S/C8H15O2/c1-6(2)10-7(9)8(3,4)5/h6H,3H2,1-2,4-5H3. The predicted molar refractivity (Wildman–Crippen MR) is 40.4 cm³/mol. The van der Waals surface area contributed by atoms with Crippen molar-refractivity contribution in [3.8, 4) is 0 Å². The average Bonchev–Trinajstić information content (AvgIpc) is 1.60. The van der Waals surface area contributed by atoms with E-state index in [1.807, 2.05) is 13.8 Å². The molecule has 0 aliphatic rings. The summed E-state index contributed by atoms with van der Waals surface area (Å²) < 4.78 is 4.91. The van der Waals surface area contributed by atoms with Crippen molar-refractivity contribution in [3.63, 3.8) is 0 Å². The van der Waals surface area contributed by atoms with Crippen LogP contribution in [0.3, 0.4) is 0 Å². The van der Waals surface area contributed by atoms with Crippen LogP contribution in [0.1, 0.15) is 27.7 Å². The number of hydrogen-bond acceptors (Lipinski definition) is 2. The minimum absolute atomic E-state index is 0.0477. The van der Waals surface area contributed by atoms with Crippen LogP contribution in [-0.2, 0) is 9.53 Å². The molecule has 0 heterocycles. The molecule has 2 nitrogen and oxygen atoms in total. The lowest BCUT2D eigenvalue weighted by atomic mass is 9.97. The van der Waals surface area contributed by atoms with Gasteiger partial charge in [0.2, 0.25) is 0 Å². The highest BCUT2D eigenvalue weighted by atomic mass is 16.5. The molecule has 0 aromatic heterocycles. The number of esters is 1. The second kappa shape index (κ2) is 3.04. The molecule has 0 saturated heterocycles. The highest BCUT2D eigenvalue weighted by molar-refractivity contribution is 5.76. The summed E-state index contributed by atoms with van der Waals surface area (Å²) in [5, 5.41) is 0. The molecular formula is C8H15O2. The normalized spacial score (nSPS) is 11.8. The van der Waals surface area contributed by atoms with E-state index in [4.69, 9.17) is 4.74 Å². The van der Waals surface area contributed by atoms with Gasteiger partial charge in [-0.3, -0.25) is 4.79 Å². The second-order valence-electron chi connectivity index (χ2n) is 3.34. The van der Waals surface area contributed by atoms with Crippen molar-refractivity contribution in [2.24, 2.45) is 5.41 Å². The van der Waals surface area contributed by atoms with Gasteiger partial charge >= 0.3 is 5.97 Å². The lowest BCUT2D eigenvalue weighted by molar-refractivity contribution is -0.155. The zero-order valence-electron chi connectivity index (χ0n) is 7.10. The maximum atomic E-state index is 11.0. The predicted octanol–water partition coefficient (Wildman–Crippen LogP) is 1.80. The minimum Gasteiger partial charge on any atom is -0.463 e. The molecule has 2 heteroatoms. The quantitative estimate of drug-likeness (QED) is 0.551. The van der Waals surface area contributed by atoms with E-state index < -0.39 is 5.41 Å². The molecule has 1 radical (unpaired) electrons. The van der Waals surface area contributed by atoms with E-state index in [0.29, 0.717) is 0 Å². The molecule has 0 aliphatic heterocycles. The van der Waals surface area contributed by atoms with E-state index in [1.54, 1.807) is 13.8 Å². The maximum absolute atomic E-state index is 11.0. The average molecular weight is 143 g/mol. The fourth-order valence-electron chi connectivity index (χ4n) is 0.374. The molecule has 0 amide bonds. The van der Waals surface area contributed by atoms with E-state index in [1.165, 1.54) is 0 Å². The van der Waals surface area contributed by atoms with Gasteiger partial charge in [0, 0.05) is 0 Å². The van der Waals surface area contributed by atoms with E-state index in [0.717, 1.165) is 0 Å². The van der Waals surface area contributed by atoms with Gasteiger partial charge < -0.3 is 4.74 Å². The van der Waals surface area contributed by atoms with Crippen LogP contribution in [0, 0.1) is 12.3 Å². The van der Waals surface area contributed by atoms with Crippen molar-refractivity contribution < 1.29 is 9.53 Å². The monoisotopic (exact) mass is 143 g/mol. The third-order valence-corrected chi connectivity index (χ3v) is 0.895. The first-order chi connectivity index (χ1) is 4.34. The van der Waals surface area contributed by atoms with Crippen LogP contribution in [0.5, 0.6) is 0 Å². The molecule has 0 unspecified atom stereocenters. The first kappa shape index (κ1) is 9.47. The molecular weight excluding hydrogens is 128 g/mol. The number of carbonyl (C=O) groups is 1. The van der Waals surface area contributed by atoms with E-state index in [2.05, 4.69) is 6.92 Å². The molecule has 0 bridgehead atoms. The Kier molecular flexibility index (Phi) is 2.88. The fourth-order valence-corrected chi connectivity index (χ4v) is 0.374. The number of hydrogen-bond donors (Lipinski definition) is 0. The summed E-state index contributed by atoms with van der Waals surface area (Å²) in [4.78, 5) is 11.0. The van der Waals surface area contributed by atoms with E-state index >= 15 is 0 Å². The number of rotatable bonds is 2. The second-order valence-corrected chi connectivity index (χ2v) is 3.34. The molecule has 0 rings (SSSR count). The maximum Gasteiger partial charge on any atom is 0.311 e. The molecule has 59 valence electrons. The van der Waals surface area contributed by atoms with Gasteiger partial charge in [0.15, 0.2) is 0 Å². The van der Waals surface area contributed by atoms with Gasteiger partial charge in [-0.1, -0.05) is 0 Å². The van der Waals surface area contributed by atoms with Crippen molar-refractivity contribution in [2.75, 3.05) is 0 Å². The van der Waals surface area contributed by atoms with Crippen molar-refractivity contribution >= 4 is 5.97 Å². The molecule has 0 saturated carbocycles. The van der Waals surface area contributed by atoms with Crippen molar-refractivity contribution in [2.45, 2.75) is 33.8 Å². The molecule has 0 N–H and O–H groups in total. The van der Waals surface area contributed by atoms with Crippen LogP contribution in [0.15, 0.2) is 0 Å². The van der Waals surface area contributed by atoms with Crippen LogP contribution in [0.4, 0.5) is 0 Å². The van der Waals surface area contributed by atoms with E-state index in [-0.39, 0.29) is 12.1 Å². The van der Waals surface area contributed by atoms with Gasteiger partial charge in [-0.05, 0) is 34.6 Å². The molecule has 0 spiro atoms. The highest BCUT2D eigenvalue weighted by Gasteiger charge is 2.23. The lowest BCUT2D eigenvalue weighted by Gasteiger charge is -2.18. The molecule has 0 atom stereocenters. The zero-order valence-corrected chi connectivity index (χ0v) is 7.10. The zero-order chi connectivity index (χ0) is 8.36. The van der Waals surface area contributed by atoms with Crippen LogP contribution < -0.4 is 0 Å². The van der Waals surface area contributed by atoms with Gasteiger partial charge in [0.1, 0.15) is 0 Å². The Bertz CT molecular complexity index is 120. The van der Waals surface area contributed by atoms with Crippen LogP contribution in [0.25, 0.3) is 0 Å². The Labute approximate surface area is 62.6 Å². The molecule has 0 aromatic carbocycles. The van der Waals surface area contributed by atoms with Crippen LogP contribution in [0.2, 0.25) is 0 Å². The highest BCUT2D eigenvalue weighted by Crippen LogP contribution is 2.15. The molecule has 0 fully saturated rings. The Morgan fingerprint density at radius 1 is 1.50 bits per heavy atom. The molecule has 0 aliphatic carbocycles. The number of carbonyl (C=O) groups excluding carboxylic acids is 1. The summed E-state index contributed by atoms with van der Waals surface area (Å²) in [7, 11) is 0. The Balaban J connectivity index is 3.87. The molecule has 10 heavy (non-hydrogen) atoms. The minimum atomic E-state index is -0.621.